The highest BCUT2D eigenvalue weighted by Crippen LogP contribution is 2.01. The number of hydrogen-bond donors (Lipinski definition) is 0. The molecule has 0 aromatic carbocycles. The molecule has 1 aliphatic rings. The number of rotatable bonds is 2. The van der Waals surface area contributed by atoms with Crippen LogP contribution in [0.25, 0.3) is 0 Å². The van der Waals surface area contributed by atoms with Crippen molar-refractivity contribution in [3.8, 4) is 0 Å². The third-order valence-electron chi connectivity index (χ3n) is 1.62. The average Bonchev–Trinajstić information content (AvgIpc) is 2.15. The van der Waals surface area contributed by atoms with E-state index >= 15 is 0 Å². The Hall–Kier alpha value is -1.32. The van der Waals surface area contributed by atoms with E-state index in [1.54, 1.807) is 11.0 Å². The number of nitrogens with zero attached hydrogens (tertiary/aromatic N) is 1. The molecular weight excluding hydrogens is 158 g/mol. The van der Waals surface area contributed by atoms with Crippen molar-refractivity contribution >= 4 is 11.9 Å². The highest BCUT2D eigenvalue weighted by Gasteiger charge is 2.20. The number of carbonyl (C=O) groups is 2. The summed E-state index contributed by atoms with van der Waals surface area (Å²) in [5.41, 5.74) is 0. The van der Waals surface area contributed by atoms with E-state index in [1.165, 1.54) is 0 Å². The number of hydrogen-bond acceptors (Lipinski definition) is 3. The van der Waals surface area contributed by atoms with Crippen LogP contribution in [0.5, 0.6) is 0 Å². The Balaban J connectivity index is 2.57. The minimum atomic E-state index is -0.438. The van der Waals surface area contributed by atoms with Gasteiger partial charge in [0, 0.05) is 6.54 Å². The van der Waals surface area contributed by atoms with Crippen LogP contribution in [0.1, 0.15) is 6.42 Å². The number of carbonyl (C=O) groups excluding carboxylic acids is 2. The molecule has 0 aliphatic carbocycles. The number of amides is 1. The molecule has 0 unspecified atom stereocenters. The van der Waals surface area contributed by atoms with Crippen LogP contribution < -0.4 is 0 Å². The molecule has 1 saturated heterocycles. The van der Waals surface area contributed by atoms with E-state index in [0.29, 0.717) is 19.7 Å². The molecule has 0 atom stereocenters. The van der Waals surface area contributed by atoms with Crippen molar-refractivity contribution in [2.24, 2.45) is 0 Å². The van der Waals surface area contributed by atoms with Crippen LogP contribution in [0.2, 0.25) is 0 Å². The Morgan fingerprint density at radius 1 is 1.58 bits per heavy atom. The van der Waals surface area contributed by atoms with Gasteiger partial charge in [0.25, 0.3) is 0 Å². The SMILES string of the molecule is C=CCN1CCOC(=O)CC1=O. The van der Waals surface area contributed by atoms with Gasteiger partial charge in [-0.1, -0.05) is 6.08 Å². The molecule has 0 bridgehead atoms. The smallest absolute Gasteiger partial charge is 0.315 e. The van der Waals surface area contributed by atoms with Crippen LogP contribution in [0.4, 0.5) is 0 Å². The van der Waals surface area contributed by atoms with E-state index in [1.807, 2.05) is 0 Å². The van der Waals surface area contributed by atoms with E-state index in [9.17, 15) is 9.59 Å². The van der Waals surface area contributed by atoms with Gasteiger partial charge in [0.05, 0.1) is 6.54 Å². The molecular formula is C8H11NO3. The summed E-state index contributed by atoms with van der Waals surface area (Å²) in [6, 6.07) is 0. The number of cyclic esters (lactones) is 1. The molecule has 1 heterocycles. The summed E-state index contributed by atoms with van der Waals surface area (Å²) in [7, 11) is 0. The summed E-state index contributed by atoms with van der Waals surface area (Å²) in [5.74, 6) is -0.621. The highest BCUT2D eigenvalue weighted by atomic mass is 16.5. The lowest BCUT2D eigenvalue weighted by atomic mass is 10.3. The van der Waals surface area contributed by atoms with Crippen LogP contribution in [0, 0.1) is 0 Å². The molecule has 1 aliphatic heterocycles. The second-order valence-electron chi connectivity index (χ2n) is 2.53. The lowest BCUT2D eigenvalue weighted by Gasteiger charge is -2.15. The van der Waals surface area contributed by atoms with Crippen molar-refractivity contribution in [1.82, 2.24) is 4.90 Å². The Morgan fingerprint density at radius 3 is 3.00 bits per heavy atom. The fraction of sp³-hybridized carbons (Fsp3) is 0.500. The summed E-state index contributed by atoms with van der Waals surface area (Å²) in [5, 5.41) is 0. The van der Waals surface area contributed by atoms with E-state index in [4.69, 9.17) is 4.74 Å². The molecule has 12 heavy (non-hydrogen) atoms. The van der Waals surface area contributed by atoms with Crippen LogP contribution in [-0.4, -0.2) is 36.5 Å². The van der Waals surface area contributed by atoms with E-state index in [-0.39, 0.29) is 12.3 Å². The molecule has 0 N–H and O–H groups in total. The molecule has 1 rings (SSSR count). The summed E-state index contributed by atoms with van der Waals surface area (Å²) >= 11 is 0. The molecule has 4 nitrogen and oxygen atoms in total. The van der Waals surface area contributed by atoms with Gasteiger partial charge in [0.2, 0.25) is 5.91 Å². The minimum absolute atomic E-state index is 0.145. The standard InChI is InChI=1S/C8H11NO3/c1-2-3-9-4-5-12-8(11)6-7(9)10/h2H,1,3-6H2. The number of ether oxygens (including phenoxy) is 1. The van der Waals surface area contributed by atoms with Crippen LogP contribution >= 0.6 is 0 Å². The first-order valence-electron chi connectivity index (χ1n) is 3.78. The maximum absolute atomic E-state index is 11.2. The van der Waals surface area contributed by atoms with Crippen molar-refractivity contribution in [3.63, 3.8) is 0 Å². The largest absolute Gasteiger partial charge is 0.463 e. The predicted octanol–water partition coefficient (Wildman–Crippen LogP) is -0.0521. The molecule has 4 heteroatoms. The third kappa shape index (κ3) is 2.08. The Kier molecular flexibility index (Phi) is 2.85. The van der Waals surface area contributed by atoms with Gasteiger partial charge in [-0.3, -0.25) is 9.59 Å². The first-order valence-corrected chi connectivity index (χ1v) is 3.78. The fourth-order valence-corrected chi connectivity index (χ4v) is 1.03. The molecule has 1 fully saturated rings. The Morgan fingerprint density at radius 2 is 2.33 bits per heavy atom. The number of esters is 1. The van der Waals surface area contributed by atoms with Gasteiger partial charge < -0.3 is 9.64 Å². The maximum Gasteiger partial charge on any atom is 0.315 e. The molecule has 0 saturated carbocycles. The summed E-state index contributed by atoms with van der Waals surface area (Å²) in [6.07, 6.45) is 1.49. The Labute approximate surface area is 70.8 Å². The van der Waals surface area contributed by atoms with Crippen LogP contribution in [0.3, 0.4) is 0 Å². The van der Waals surface area contributed by atoms with Crippen molar-refractivity contribution in [2.45, 2.75) is 6.42 Å². The molecule has 0 aromatic heterocycles. The van der Waals surface area contributed by atoms with Crippen LogP contribution in [0.15, 0.2) is 12.7 Å². The second kappa shape index (κ2) is 3.90. The second-order valence-corrected chi connectivity index (χ2v) is 2.53. The van der Waals surface area contributed by atoms with Crippen molar-refractivity contribution in [2.75, 3.05) is 19.7 Å². The fourth-order valence-electron chi connectivity index (χ4n) is 1.03. The highest BCUT2D eigenvalue weighted by molar-refractivity contribution is 5.94. The van der Waals surface area contributed by atoms with Crippen molar-refractivity contribution < 1.29 is 14.3 Å². The summed E-state index contributed by atoms with van der Waals surface area (Å²) < 4.78 is 4.71. The average molecular weight is 169 g/mol. The van der Waals surface area contributed by atoms with E-state index < -0.39 is 5.97 Å². The van der Waals surface area contributed by atoms with Gasteiger partial charge in [0.15, 0.2) is 0 Å². The van der Waals surface area contributed by atoms with Gasteiger partial charge in [-0.2, -0.15) is 0 Å². The normalized spacial score (nSPS) is 18.5. The van der Waals surface area contributed by atoms with E-state index in [2.05, 4.69) is 6.58 Å². The van der Waals surface area contributed by atoms with Crippen molar-refractivity contribution in [3.05, 3.63) is 12.7 Å². The maximum atomic E-state index is 11.2. The summed E-state index contributed by atoms with van der Waals surface area (Å²) in [4.78, 5) is 23.5. The van der Waals surface area contributed by atoms with Crippen LogP contribution in [-0.2, 0) is 14.3 Å². The third-order valence-corrected chi connectivity index (χ3v) is 1.62. The molecule has 1 amide bonds. The van der Waals surface area contributed by atoms with E-state index in [0.717, 1.165) is 0 Å². The molecule has 0 aromatic rings. The summed E-state index contributed by atoms with van der Waals surface area (Å²) in [6.45, 7) is 4.76. The first kappa shape index (κ1) is 8.77. The molecule has 0 radical (unpaired) electrons. The van der Waals surface area contributed by atoms with Gasteiger partial charge in [-0.05, 0) is 0 Å². The Bertz CT molecular complexity index is 212. The lowest BCUT2D eigenvalue weighted by molar-refractivity contribution is -0.144. The zero-order valence-corrected chi connectivity index (χ0v) is 6.78. The molecule has 66 valence electrons. The zero-order chi connectivity index (χ0) is 8.97. The molecule has 0 spiro atoms. The topological polar surface area (TPSA) is 46.6 Å². The minimum Gasteiger partial charge on any atom is -0.463 e. The predicted molar refractivity (Wildman–Crippen MR) is 42.4 cm³/mol. The van der Waals surface area contributed by atoms with Gasteiger partial charge in [-0.25, -0.2) is 0 Å². The monoisotopic (exact) mass is 169 g/mol. The quantitative estimate of drug-likeness (QED) is 0.331. The van der Waals surface area contributed by atoms with Crippen molar-refractivity contribution in [1.29, 1.82) is 0 Å². The lowest BCUT2D eigenvalue weighted by Crippen LogP contribution is -2.31. The van der Waals surface area contributed by atoms with Gasteiger partial charge in [0.1, 0.15) is 13.0 Å². The zero-order valence-electron chi connectivity index (χ0n) is 6.78. The van der Waals surface area contributed by atoms with Gasteiger partial charge in [-0.15, -0.1) is 6.58 Å². The van der Waals surface area contributed by atoms with Gasteiger partial charge >= 0.3 is 5.97 Å². The first-order chi connectivity index (χ1) is 5.74.